The average molecular weight is 848 g/mol. The van der Waals surface area contributed by atoms with Crippen LogP contribution in [-0.2, 0) is 28.9 Å². The van der Waals surface area contributed by atoms with E-state index in [-0.39, 0.29) is 37.2 Å². The van der Waals surface area contributed by atoms with E-state index in [0.717, 1.165) is 38.7 Å². The summed E-state index contributed by atoms with van der Waals surface area (Å²) in [6.45, 7) is 16.9. The SMILES string of the molecule is COC(=O)N(CC(C)(C)C)C(=O)NC(Cc1ccc(-c2ccccn2)cc1)CC(O)C(Cc1ccccc1)NC(=O)C(N1CCN(Cc2cccc(C(C)C)n2)C1=O)C(C)(C)C. The Bertz CT molecular complexity index is 2100. The molecule has 62 heavy (non-hydrogen) atoms. The van der Waals surface area contributed by atoms with Gasteiger partial charge in [-0.2, -0.15) is 0 Å². The Kier molecular flexibility index (Phi) is 15.9. The highest BCUT2D eigenvalue weighted by molar-refractivity contribution is 5.91. The lowest BCUT2D eigenvalue weighted by molar-refractivity contribution is -0.130. The summed E-state index contributed by atoms with van der Waals surface area (Å²) in [7, 11) is 1.23. The molecule has 2 aromatic carbocycles. The quantitative estimate of drug-likeness (QED) is 0.103. The molecule has 1 aliphatic heterocycles. The molecule has 4 atom stereocenters. The number of aliphatic hydroxyl groups excluding tert-OH is 1. The number of amides is 6. The molecule has 0 saturated carbocycles. The van der Waals surface area contributed by atoms with Gasteiger partial charge in [-0.15, -0.1) is 0 Å². The molecular formula is C49H65N7O6. The van der Waals surface area contributed by atoms with E-state index >= 15 is 0 Å². The van der Waals surface area contributed by atoms with Crippen molar-refractivity contribution in [2.45, 2.75) is 111 Å². The summed E-state index contributed by atoms with van der Waals surface area (Å²) in [6, 6.07) is 25.7. The second kappa shape index (κ2) is 20.8. The van der Waals surface area contributed by atoms with E-state index in [0.29, 0.717) is 26.1 Å². The van der Waals surface area contributed by atoms with Gasteiger partial charge in [0.25, 0.3) is 0 Å². The number of carbonyl (C=O) groups is 4. The highest BCUT2D eigenvalue weighted by Gasteiger charge is 2.44. The van der Waals surface area contributed by atoms with E-state index in [4.69, 9.17) is 9.72 Å². The molecule has 1 saturated heterocycles. The van der Waals surface area contributed by atoms with E-state index in [9.17, 15) is 24.3 Å². The van der Waals surface area contributed by atoms with E-state index in [1.165, 1.54) is 7.11 Å². The minimum absolute atomic E-state index is 0.0229. The monoisotopic (exact) mass is 847 g/mol. The predicted molar refractivity (Wildman–Crippen MR) is 241 cm³/mol. The second-order valence-electron chi connectivity index (χ2n) is 18.9. The number of ether oxygens (including phenoxy) is 1. The number of urea groups is 2. The van der Waals surface area contributed by atoms with Crippen molar-refractivity contribution < 1.29 is 29.0 Å². The minimum Gasteiger partial charge on any atom is -0.452 e. The van der Waals surface area contributed by atoms with Gasteiger partial charge in [0, 0.05) is 43.1 Å². The van der Waals surface area contributed by atoms with Crippen LogP contribution in [0.2, 0.25) is 0 Å². The van der Waals surface area contributed by atoms with Crippen LogP contribution in [0.5, 0.6) is 0 Å². The number of rotatable bonds is 16. The predicted octanol–water partition coefficient (Wildman–Crippen LogP) is 7.83. The van der Waals surface area contributed by atoms with Crippen LogP contribution >= 0.6 is 0 Å². The smallest absolute Gasteiger partial charge is 0.417 e. The fourth-order valence-electron chi connectivity index (χ4n) is 7.84. The van der Waals surface area contributed by atoms with Gasteiger partial charge in [-0.1, -0.05) is 122 Å². The summed E-state index contributed by atoms with van der Waals surface area (Å²) in [4.78, 5) is 69.2. The summed E-state index contributed by atoms with van der Waals surface area (Å²) in [5.41, 5.74) is 4.14. The van der Waals surface area contributed by atoms with Crippen molar-refractivity contribution >= 4 is 24.1 Å². The zero-order chi connectivity index (χ0) is 45.2. The van der Waals surface area contributed by atoms with Gasteiger partial charge >= 0.3 is 18.2 Å². The molecule has 0 spiro atoms. The van der Waals surface area contributed by atoms with Gasteiger partial charge in [-0.3, -0.25) is 14.8 Å². The lowest BCUT2D eigenvalue weighted by atomic mass is 9.84. The van der Waals surface area contributed by atoms with Gasteiger partial charge < -0.3 is 30.3 Å². The van der Waals surface area contributed by atoms with E-state index < -0.39 is 47.2 Å². The van der Waals surface area contributed by atoms with Crippen molar-refractivity contribution in [2.24, 2.45) is 10.8 Å². The maximum Gasteiger partial charge on any atom is 0.417 e. The van der Waals surface area contributed by atoms with Crippen LogP contribution in [0.1, 0.15) is 90.2 Å². The Hall–Kier alpha value is -5.82. The summed E-state index contributed by atoms with van der Waals surface area (Å²) in [5, 5.41) is 18.4. The third-order valence-corrected chi connectivity index (χ3v) is 10.9. The van der Waals surface area contributed by atoms with Crippen molar-refractivity contribution in [3.8, 4) is 11.3 Å². The summed E-state index contributed by atoms with van der Waals surface area (Å²) < 4.78 is 5.00. The Morgan fingerprint density at radius 2 is 1.52 bits per heavy atom. The minimum atomic E-state index is -1.17. The third kappa shape index (κ3) is 13.1. The molecule has 1 fully saturated rings. The van der Waals surface area contributed by atoms with Crippen molar-refractivity contribution in [3.05, 3.63) is 120 Å². The molecule has 13 nitrogen and oxygen atoms in total. The number of carbonyl (C=O) groups excluding carboxylic acids is 4. The summed E-state index contributed by atoms with van der Waals surface area (Å²) >= 11 is 0. The van der Waals surface area contributed by atoms with Gasteiger partial charge in [0.15, 0.2) is 0 Å². The first-order chi connectivity index (χ1) is 29.3. The Balaban J connectivity index is 1.41. The van der Waals surface area contributed by atoms with Crippen LogP contribution in [0.4, 0.5) is 14.4 Å². The number of methoxy groups -OCH3 is 1. The fourth-order valence-corrected chi connectivity index (χ4v) is 7.84. The third-order valence-electron chi connectivity index (χ3n) is 10.9. The molecule has 332 valence electrons. The number of benzene rings is 2. The lowest BCUT2D eigenvalue weighted by Crippen LogP contribution is -2.59. The number of nitrogens with one attached hydrogen (secondary N) is 2. The molecule has 4 unspecified atom stereocenters. The Labute approximate surface area is 367 Å². The molecule has 3 heterocycles. The number of hydrogen-bond donors (Lipinski definition) is 3. The van der Waals surface area contributed by atoms with Gasteiger partial charge in [0.1, 0.15) is 6.04 Å². The van der Waals surface area contributed by atoms with Crippen molar-refractivity contribution in [3.63, 3.8) is 0 Å². The van der Waals surface area contributed by atoms with Crippen LogP contribution in [-0.4, -0.2) is 105 Å². The van der Waals surface area contributed by atoms with E-state index in [2.05, 4.69) is 29.5 Å². The van der Waals surface area contributed by atoms with Crippen LogP contribution in [0.15, 0.2) is 97.2 Å². The first-order valence-corrected chi connectivity index (χ1v) is 21.5. The number of pyridine rings is 2. The molecule has 3 N–H and O–H groups in total. The van der Waals surface area contributed by atoms with Crippen molar-refractivity contribution in [1.82, 2.24) is 35.3 Å². The largest absolute Gasteiger partial charge is 0.452 e. The molecule has 13 heteroatoms. The standard InChI is InChI=1S/C49H65N7O6/c1-33(2)39-20-15-18-37(51-39)31-54-26-27-55(46(54)60)43(49(6,7)8)44(58)53-41(29-34-16-11-10-12-17-34)42(57)30-38(52-45(59)56(47(61)62-9)32-48(3,4)5)28-35-21-23-36(24-22-35)40-19-13-14-25-50-40/h10-25,33,38,41-43,57H,26-32H2,1-9H3,(H,52,59)(H,53,58). The first kappa shape index (κ1) is 47.2. The maximum absolute atomic E-state index is 14.7. The topological polar surface area (TPSA) is 157 Å². The number of aromatic nitrogens is 2. The number of imide groups is 1. The van der Waals surface area contributed by atoms with Crippen LogP contribution < -0.4 is 10.6 Å². The maximum atomic E-state index is 14.7. The summed E-state index contributed by atoms with van der Waals surface area (Å²) in [5.74, 6) is -0.145. The zero-order valence-electron chi connectivity index (χ0n) is 37.8. The Morgan fingerprint density at radius 1 is 0.839 bits per heavy atom. The molecule has 5 rings (SSSR count). The van der Waals surface area contributed by atoms with Crippen LogP contribution in [0.25, 0.3) is 11.3 Å². The molecule has 0 aliphatic carbocycles. The van der Waals surface area contributed by atoms with Crippen molar-refractivity contribution in [2.75, 3.05) is 26.7 Å². The summed E-state index contributed by atoms with van der Waals surface area (Å²) in [6.07, 6.45) is 0.374. The number of aliphatic hydroxyl groups is 1. The zero-order valence-corrected chi connectivity index (χ0v) is 37.8. The molecule has 0 radical (unpaired) electrons. The van der Waals surface area contributed by atoms with Crippen molar-refractivity contribution in [1.29, 1.82) is 0 Å². The molecular weight excluding hydrogens is 783 g/mol. The van der Waals surface area contributed by atoms with Gasteiger partial charge in [-0.25, -0.2) is 19.3 Å². The molecule has 1 aliphatic rings. The Morgan fingerprint density at radius 3 is 2.13 bits per heavy atom. The normalized spacial score (nSPS) is 15.2. The highest BCUT2D eigenvalue weighted by atomic mass is 16.5. The first-order valence-electron chi connectivity index (χ1n) is 21.5. The average Bonchev–Trinajstić information content (AvgIpc) is 3.57. The van der Waals surface area contributed by atoms with E-state index in [1.54, 1.807) is 16.0 Å². The van der Waals surface area contributed by atoms with Crippen LogP contribution in [0.3, 0.4) is 0 Å². The van der Waals surface area contributed by atoms with Gasteiger partial charge in [0.2, 0.25) is 5.91 Å². The fraction of sp³-hybridized carbons (Fsp3) is 0.469. The number of nitrogens with zero attached hydrogens (tertiary/aromatic N) is 5. The van der Waals surface area contributed by atoms with Gasteiger partial charge in [-0.05, 0) is 71.4 Å². The molecule has 6 amide bonds. The molecule has 0 bridgehead atoms. The van der Waals surface area contributed by atoms with Crippen LogP contribution in [0, 0.1) is 10.8 Å². The van der Waals surface area contributed by atoms with Gasteiger partial charge in [0.05, 0.1) is 37.2 Å². The highest BCUT2D eigenvalue weighted by Crippen LogP contribution is 2.29. The molecule has 2 aromatic heterocycles. The van der Waals surface area contributed by atoms with E-state index in [1.807, 2.05) is 133 Å². The number of hydrogen-bond acceptors (Lipinski definition) is 8. The lowest BCUT2D eigenvalue weighted by Gasteiger charge is -2.38. The second-order valence-corrected chi connectivity index (χ2v) is 18.9. The molecule has 4 aromatic rings.